The Morgan fingerprint density at radius 1 is 0.391 bits per heavy atom. The van der Waals surface area contributed by atoms with Crippen LogP contribution in [-0.2, 0) is 0 Å². The summed E-state index contributed by atoms with van der Waals surface area (Å²) in [7, 11) is 0. The maximum atomic E-state index is 9.59. The minimum Gasteiger partial charge on any atom is -0.456 e. The lowest BCUT2D eigenvalue weighted by Gasteiger charge is -2.19. The van der Waals surface area contributed by atoms with Crippen molar-refractivity contribution in [3.05, 3.63) is 157 Å². The lowest BCUT2D eigenvalue weighted by atomic mass is 9.83. The Morgan fingerprint density at radius 3 is 1.76 bits per heavy atom. The average Bonchev–Trinajstić information content (AvgIpc) is 3.82. The number of fused-ring (bicyclic) bond motifs is 7. The Morgan fingerprint density at radius 2 is 1.00 bits per heavy atom. The van der Waals surface area contributed by atoms with E-state index in [9.17, 15) is 6.85 Å². The van der Waals surface area contributed by atoms with Crippen LogP contribution in [0.4, 0.5) is 0 Å². The van der Waals surface area contributed by atoms with E-state index in [0.29, 0.717) is 27.5 Å². The molecule has 0 unspecified atom stereocenters. The van der Waals surface area contributed by atoms with Crippen molar-refractivity contribution in [3.63, 3.8) is 0 Å². The van der Waals surface area contributed by atoms with Crippen LogP contribution in [-0.4, -0.2) is 0 Å². The fourth-order valence-electron chi connectivity index (χ4n) is 6.48. The van der Waals surface area contributed by atoms with Gasteiger partial charge in [0, 0.05) is 38.9 Å². The lowest BCUT2D eigenvalue weighted by molar-refractivity contribution is 0.629. The standard InChI is InChI=1S/C44H26O2/c1-2-14-28(15-3-1)44-43(37-25-36-30-18-10-11-24-38(30)45-39(36)26-40(37)46-44)42-34-21-8-6-19-32(34)41(33-20-7-9-22-35(33)42)31-23-12-16-27-13-4-5-17-29(27)31/h1-26H/i4D,5D,6D,7D,8D,9D,12D,13D,16D,17D,19D,20D,21D,22D,23D. The van der Waals surface area contributed by atoms with Crippen LogP contribution >= 0.6 is 0 Å². The van der Waals surface area contributed by atoms with E-state index in [1.54, 1.807) is 48.5 Å². The van der Waals surface area contributed by atoms with Crippen molar-refractivity contribution in [2.75, 3.05) is 0 Å². The Hall–Kier alpha value is -6.12. The molecule has 2 heterocycles. The zero-order chi connectivity index (χ0) is 43.2. The van der Waals surface area contributed by atoms with E-state index in [4.69, 9.17) is 22.5 Å². The molecule has 10 aromatic rings. The second kappa shape index (κ2) is 9.69. The van der Waals surface area contributed by atoms with Crippen molar-refractivity contribution < 1.29 is 29.4 Å². The first-order chi connectivity index (χ1) is 29.1. The third kappa shape index (κ3) is 3.59. The third-order valence-electron chi connectivity index (χ3n) is 8.41. The van der Waals surface area contributed by atoms with Crippen molar-refractivity contribution in [2.45, 2.75) is 0 Å². The second-order valence-electron chi connectivity index (χ2n) is 10.9. The van der Waals surface area contributed by atoms with Crippen LogP contribution in [0.1, 0.15) is 20.6 Å². The van der Waals surface area contributed by atoms with Crippen molar-refractivity contribution in [1.29, 1.82) is 0 Å². The van der Waals surface area contributed by atoms with E-state index < -0.39 is 113 Å². The molecule has 8 aromatic carbocycles. The lowest BCUT2D eigenvalue weighted by Crippen LogP contribution is -1.92. The molecule has 0 aliphatic rings. The van der Waals surface area contributed by atoms with E-state index in [0.717, 1.165) is 5.39 Å². The average molecular weight is 602 g/mol. The molecule has 2 aromatic heterocycles. The fraction of sp³-hybridized carbons (Fsp3) is 0. The number of rotatable bonds is 3. The van der Waals surface area contributed by atoms with Crippen LogP contribution < -0.4 is 0 Å². The topological polar surface area (TPSA) is 26.3 Å². The summed E-state index contributed by atoms with van der Waals surface area (Å²) in [5, 5.41) is -0.238. The van der Waals surface area contributed by atoms with Crippen LogP contribution in [0.25, 0.3) is 98.8 Å². The molecule has 0 saturated heterocycles. The summed E-state index contributed by atoms with van der Waals surface area (Å²) in [5.74, 6) is 0.190. The van der Waals surface area contributed by atoms with Crippen LogP contribution in [0.3, 0.4) is 0 Å². The van der Waals surface area contributed by atoms with Gasteiger partial charge in [0.1, 0.15) is 22.5 Å². The molecule has 0 N–H and O–H groups in total. The molecule has 10 rings (SSSR count). The summed E-state index contributed by atoms with van der Waals surface area (Å²) in [6.45, 7) is 0. The maximum Gasteiger partial charge on any atom is 0.143 e. The molecule has 2 nitrogen and oxygen atoms in total. The molecule has 0 aliphatic carbocycles. The SMILES string of the molecule is [2H]c1c([2H])c([2H])c2c(-c3c4c([2H])c([2H])c([2H])c([2H])c4c(-c4c(-c5ccccc5)oc5cc6oc7ccccc7c6cc45)c4c([2H])c([2H])c([2H])c([2H])c34)c([2H])c([2H])c([2H])c2c1[2H]. The predicted octanol–water partition coefficient (Wildman–Crippen LogP) is 12.8. The van der Waals surface area contributed by atoms with Crippen LogP contribution in [0.15, 0.2) is 166 Å². The molecule has 0 atom stereocenters. The fourth-order valence-corrected chi connectivity index (χ4v) is 6.48. The van der Waals surface area contributed by atoms with Crippen LogP contribution in [0.5, 0.6) is 0 Å². The van der Waals surface area contributed by atoms with Gasteiger partial charge in [0.2, 0.25) is 0 Å². The molecular weight excluding hydrogens is 560 g/mol. The number of hydrogen-bond donors (Lipinski definition) is 0. The van der Waals surface area contributed by atoms with Gasteiger partial charge in [0.25, 0.3) is 0 Å². The zero-order valence-electron chi connectivity index (χ0n) is 38.7. The first-order valence-electron chi connectivity index (χ1n) is 22.0. The van der Waals surface area contributed by atoms with Gasteiger partial charge in [-0.3, -0.25) is 0 Å². The van der Waals surface area contributed by atoms with Crippen molar-refractivity contribution in [1.82, 2.24) is 0 Å². The number of benzene rings is 8. The summed E-state index contributed by atoms with van der Waals surface area (Å²) in [4.78, 5) is 0. The first-order valence-corrected chi connectivity index (χ1v) is 14.5. The summed E-state index contributed by atoms with van der Waals surface area (Å²) < 4.78 is 149. The third-order valence-corrected chi connectivity index (χ3v) is 8.41. The summed E-state index contributed by atoms with van der Waals surface area (Å²) in [5.41, 5.74) is 1.16. The van der Waals surface area contributed by atoms with E-state index in [1.165, 1.54) is 0 Å². The number of furan rings is 2. The normalized spacial score (nSPS) is 16.5. The summed E-state index contributed by atoms with van der Waals surface area (Å²) in [6, 6.07) is 9.09. The second-order valence-corrected chi connectivity index (χ2v) is 10.9. The Balaban J connectivity index is 1.56. The largest absolute Gasteiger partial charge is 0.456 e. The minimum atomic E-state index is -0.775. The van der Waals surface area contributed by atoms with Gasteiger partial charge in [0.05, 0.1) is 20.6 Å². The number of hydrogen-bond acceptors (Lipinski definition) is 2. The molecule has 0 radical (unpaired) electrons. The highest BCUT2D eigenvalue weighted by Crippen LogP contribution is 2.51. The van der Waals surface area contributed by atoms with E-state index in [2.05, 4.69) is 0 Å². The molecule has 0 amide bonds. The summed E-state index contributed by atoms with van der Waals surface area (Å²) >= 11 is 0. The van der Waals surface area contributed by atoms with E-state index >= 15 is 0 Å². The van der Waals surface area contributed by atoms with Crippen LogP contribution in [0.2, 0.25) is 0 Å². The van der Waals surface area contributed by atoms with Gasteiger partial charge in [-0.05, 0) is 55.6 Å². The highest BCUT2D eigenvalue weighted by atomic mass is 16.3. The number of para-hydroxylation sites is 1. The molecule has 0 bridgehead atoms. The zero-order valence-corrected chi connectivity index (χ0v) is 23.7. The monoisotopic (exact) mass is 601 g/mol. The molecule has 0 aliphatic heterocycles. The maximum absolute atomic E-state index is 9.59. The highest BCUT2D eigenvalue weighted by molar-refractivity contribution is 6.27. The minimum absolute atomic E-state index is 0.0570. The van der Waals surface area contributed by atoms with Gasteiger partial charge in [-0.25, -0.2) is 0 Å². The molecule has 2 heteroatoms. The van der Waals surface area contributed by atoms with Gasteiger partial charge in [-0.15, -0.1) is 0 Å². The van der Waals surface area contributed by atoms with Gasteiger partial charge in [-0.1, -0.05) is 139 Å². The van der Waals surface area contributed by atoms with Gasteiger partial charge in [-0.2, -0.15) is 0 Å². The Bertz CT molecular complexity index is 3560. The summed E-state index contributed by atoms with van der Waals surface area (Å²) in [6.07, 6.45) is 0. The van der Waals surface area contributed by atoms with E-state index in [-0.39, 0.29) is 44.0 Å². The van der Waals surface area contributed by atoms with Gasteiger partial charge < -0.3 is 8.83 Å². The highest BCUT2D eigenvalue weighted by Gasteiger charge is 2.25. The molecular formula is C44H26O2. The van der Waals surface area contributed by atoms with Crippen LogP contribution in [0, 0.1) is 0 Å². The molecule has 0 saturated carbocycles. The van der Waals surface area contributed by atoms with E-state index in [1.807, 2.05) is 18.2 Å². The van der Waals surface area contributed by atoms with Crippen molar-refractivity contribution >= 4 is 65.2 Å². The first kappa shape index (κ1) is 14.8. The predicted molar refractivity (Wildman–Crippen MR) is 192 cm³/mol. The smallest absolute Gasteiger partial charge is 0.143 e. The molecule has 46 heavy (non-hydrogen) atoms. The quantitative estimate of drug-likeness (QED) is 0.188. The Kier molecular flexibility index (Phi) is 3.11. The van der Waals surface area contributed by atoms with Crippen molar-refractivity contribution in [2.24, 2.45) is 0 Å². The van der Waals surface area contributed by atoms with Gasteiger partial charge in [0.15, 0.2) is 0 Å². The van der Waals surface area contributed by atoms with Crippen molar-refractivity contribution in [3.8, 4) is 33.6 Å². The molecule has 0 fully saturated rings. The van der Waals surface area contributed by atoms with Gasteiger partial charge >= 0.3 is 0 Å². The molecule has 214 valence electrons. The Labute approximate surface area is 285 Å². The molecule has 0 spiro atoms.